The van der Waals surface area contributed by atoms with Crippen molar-refractivity contribution in [2.45, 2.75) is 12.1 Å². The van der Waals surface area contributed by atoms with Crippen LogP contribution in [0, 0.1) is 11.3 Å². The molecule has 0 saturated heterocycles. The molecule has 0 aliphatic heterocycles. The van der Waals surface area contributed by atoms with Crippen molar-refractivity contribution in [2.75, 3.05) is 5.73 Å². The minimum Gasteiger partial charge on any atom is -0.382 e. The molecule has 4 nitrogen and oxygen atoms in total. The summed E-state index contributed by atoms with van der Waals surface area (Å²) in [5, 5.41) is 12.0. The number of benzene rings is 1. The van der Waals surface area contributed by atoms with Crippen LogP contribution in [0.15, 0.2) is 30.3 Å². The van der Waals surface area contributed by atoms with Crippen molar-refractivity contribution in [1.29, 1.82) is 5.26 Å². The molecule has 2 N–H and O–H groups in total. The normalized spacial score (nSPS) is 12.2. The molecule has 1 aromatic heterocycles. The second kappa shape index (κ2) is 4.73. The Hall–Kier alpha value is -2.63. The third kappa shape index (κ3) is 2.29. The Labute approximate surface area is 115 Å². The first-order valence-electron chi connectivity index (χ1n) is 5.49. The Bertz CT molecular complexity index is 697. The van der Waals surface area contributed by atoms with E-state index in [0.29, 0.717) is 4.68 Å². The summed E-state index contributed by atoms with van der Waals surface area (Å²) in [6.45, 7) is 0. The van der Waals surface area contributed by atoms with Gasteiger partial charge >= 0.3 is 12.1 Å². The van der Waals surface area contributed by atoms with Crippen LogP contribution in [-0.4, -0.2) is 16.0 Å². The number of nitriles is 1. The van der Waals surface area contributed by atoms with Gasteiger partial charge in [-0.05, 0) is 12.1 Å². The molecule has 0 aliphatic rings. The highest BCUT2D eigenvalue weighted by molar-refractivity contribution is 5.57. The van der Waals surface area contributed by atoms with Crippen LogP contribution in [0.4, 0.5) is 27.8 Å². The van der Waals surface area contributed by atoms with Gasteiger partial charge in [-0.15, -0.1) is 0 Å². The van der Waals surface area contributed by atoms with E-state index in [1.54, 1.807) is 6.07 Å². The molecule has 9 heteroatoms. The average molecular weight is 302 g/mol. The molecule has 2 rings (SSSR count). The molecule has 0 aliphatic carbocycles. The van der Waals surface area contributed by atoms with Gasteiger partial charge in [0.25, 0.3) is 0 Å². The Kier molecular flexibility index (Phi) is 3.33. The molecule has 1 aromatic carbocycles. The van der Waals surface area contributed by atoms with Crippen molar-refractivity contribution >= 4 is 5.82 Å². The molecule has 0 saturated carbocycles. The van der Waals surface area contributed by atoms with Gasteiger partial charge in [-0.2, -0.15) is 32.3 Å². The summed E-state index contributed by atoms with van der Waals surface area (Å²) in [6, 6.07) is 8.70. The van der Waals surface area contributed by atoms with Gasteiger partial charge in [0, 0.05) is 0 Å². The van der Waals surface area contributed by atoms with Gasteiger partial charge < -0.3 is 5.73 Å². The fourth-order valence-corrected chi connectivity index (χ4v) is 1.66. The second-order valence-electron chi connectivity index (χ2n) is 4.04. The topological polar surface area (TPSA) is 67.6 Å². The minimum atomic E-state index is -5.87. The average Bonchev–Trinajstić information content (AvgIpc) is 2.76. The van der Waals surface area contributed by atoms with Crippen LogP contribution >= 0.6 is 0 Å². The maximum absolute atomic E-state index is 13.4. The summed E-state index contributed by atoms with van der Waals surface area (Å²) in [7, 11) is 0. The Balaban J connectivity index is 2.69. The second-order valence-corrected chi connectivity index (χ2v) is 4.04. The van der Waals surface area contributed by atoms with Gasteiger partial charge in [0.15, 0.2) is 5.69 Å². The van der Waals surface area contributed by atoms with Gasteiger partial charge in [-0.1, -0.05) is 18.2 Å². The molecule has 0 bridgehead atoms. The molecule has 1 heterocycles. The number of hydrogen-bond donors (Lipinski definition) is 1. The van der Waals surface area contributed by atoms with E-state index in [-0.39, 0.29) is 5.69 Å². The number of nitrogen functional groups attached to an aromatic ring is 1. The van der Waals surface area contributed by atoms with Crippen LogP contribution in [-0.2, 0) is 5.92 Å². The molecule has 21 heavy (non-hydrogen) atoms. The lowest BCUT2D eigenvalue weighted by molar-refractivity contribution is -0.291. The van der Waals surface area contributed by atoms with Crippen LogP contribution < -0.4 is 5.73 Å². The van der Waals surface area contributed by atoms with Crippen molar-refractivity contribution < 1.29 is 22.0 Å². The number of hydrogen-bond acceptors (Lipinski definition) is 3. The van der Waals surface area contributed by atoms with E-state index in [1.807, 2.05) is 0 Å². The van der Waals surface area contributed by atoms with Crippen molar-refractivity contribution in [3.8, 4) is 11.8 Å². The number of para-hydroxylation sites is 1. The van der Waals surface area contributed by atoms with E-state index in [2.05, 4.69) is 5.10 Å². The third-order valence-corrected chi connectivity index (χ3v) is 2.69. The molecular weight excluding hydrogens is 295 g/mol. The standard InChI is InChI=1S/C12H7F5N4/c13-11(14,12(15,16)17)9-8(6-18)10(19)21(20-9)7-4-2-1-3-5-7/h1-5H,19H2. The maximum Gasteiger partial charge on any atom is 0.459 e. The van der Waals surface area contributed by atoms with Crippen LogP contribution in [0.2, 0.25) is 0 Å². The summed E-state index contributed by atoms with van der Waals surface area (Å²) >= 11 is 0. The largest absolute Gasteiger partial charge is 0.459 e. The summed E-state index contributed by atoms with van der Waals surface area (Å²) in [5.74, 6) is -5.85. The number of rotatable bonds is 2. The van der Waals surface area contributed by atoms with Crippen molar-refractivity contribution in [3.63, 3.8) is 0 Å². The molecule has 110 valence electrons. The fraction of sp³-hybridized carbons (Fsp3) is 0.167. The van der Waals surface area contributed by atoms with Gasteiger partial charge in [0.05, 0.1) is 5.69 Å². The predicted molar refractivity (Wildman–Crippen MR) is 62.6 cm³/mol. The molecule has 0 fully saturated rings. The third-order valence-electron chi connectivity index (χ3n) is 2.69. The number of halogens is 5. The summed E-state index contributed by atoms with van der Waals surface area (Å²) in [4.78, 5) is 0. The quantitative estimate of drug-likeness (QED) is 0.867. The highest BCUT2D eigenvalue weighted by Gasteiger charge is 2.62. The number of anilines is 1. The molecule has 2 aromatic rings. The Morgan fingerprint density at radius 3 is 2.14 bits per heavy atom. The summed E-state index contributed by atoms with van der Waals surface area (Å²) in [5.41, 5.74) is 2.92. The molecule has 0 spiro atoms. The molecular formula is C12H7F5N4. The Morgan fingerprint density at radius 2 is 1.67 bits per heavy atom. The maximum atomic E-state index is 13.4. The van der Waals surface area contributed by atoms with E-state index in [1.165, 1.54) is 30.3 Å². The Morgan fingerprint density at radius 1 is 1.10 bits per heavy atom. The van der Waals surface area contributed by atoms with Gasteiger partial charge in [-0.3, -0.25) is 0 Å². The van der Waals surface area contributed by atoms with Crippen LogP contribution in [0.25, 0.3) is 5.69 Å². The van der Waals surface area contributed by atoms with Gasteiger partial charge in [0.1, 0.15) is 17.5 Å². The molecule has 0 radical (unpaired) electrons. The first kappa shape index (κ1) is 14.8. The van der Waals surface area contributed by atoms with E-state index in [4.69, 9.17) is 11.0 Å². The highest BCUT2D eigenvalue weighted by atomic mass is 19.4. The van der Waals surface area contributed by atoms with Crippen LogP contribution in [0.5, 0.6) is 0 Å². The number of aromatic nitrogens is 2. The minimum absolute atomic E-state index is 0.163. The zero-order chi connectivity index (χ0) is 15.8. The van der Waals surface area contributed by atoms with E-state index in [9.17, 15) is 22.0 Å². The van der Waals surface area contributed by atoms with Crippen molar-refractivity contribution in [2.24, 2.45) is 0 Å². The highest BCUT2D eigenvalue weighted by Crippen LogP contribution is 2.45. The van der Waals surface area contributed by atoms with Crippen LogP contribution in [0.3, 0.4) is 0 Å². The number of nitrogens with two attached hydrogens (primary N) is 1. The van der Waals surface area contributed by atoms with E-state index in [0.717, 1.165) is 0 Å². The van der Waals surface area contributed by atoms with Crippen molar-refractivity contribution in [3.05, 3.63) is 41.6 Å². The monoisotopic (exact) mass is 302 g/mol. The van der Waals surface area contributed by atoms with E-state index >= 15 is 0 Å². The molecule has 0 unspecified atom stereocenters. The zero-order valence-electron chi connectivity index (χ0n) is 10.2. The van der Waals surface area contributed by atoms with Crippen molar-refractivity contribution in [1.82, 2.24) is 9.78 Å². The zero-order valence-corrected chi connectivity index (χ0v) is 10.2. The molecule has 0 amide bonds. The SMILES string of the molecule is N#Cc1c(C(F)(F)C(F)(F)F)nn(-c2ccccc2)c1N. The van der Waals surface area contributed by atoms with Gasteiger partial charge in [0.2, 0.25) is 0 Å². The van der Waals surface area contributed by atoms with Gasteiger partial charge in [-0.25, -0.2) is 4.68 Å². The smallest absolute Gasteiger partial charge is 0.382 e. The molecule has 0 atom stereocenters. The lowest BCUT2D eigenvalue weighted by atomic mass is 10.1. The first-order valence-corrected chi connectivity index (χ1v) is 5.49. The predicted octanol–water partition coefficient (Wildman–Crippen LogP) is 2.98. The summed E-state index contributed by atoms with van der Waals surface area (Å²) < 4.78 is 64.8. The first-order chi connectivity index (χ1) is 9.70. The fourth-order valence-electron chi connectivity index (χ4n) is 1.66. The lowest BCUT2D eigenvalue weighted by Gasteiger charge is -2.17. The number of alkyl halides is 5. The van der Waals surface area contributed by atoms with E-state index < -0.39 is 29.2 Å². The van der Waals surface area contributed by atoms with Crippen LogP contribution in [0.1, 0.15) is 11.3 Å². The summed E-state index contributed by atoms with van der Waals surface area (Å²) in [6.07, 6.45) is -5.87. The lowest BCUT2D eigenvalue weighted by Crippen LogP contribution is -2.34. The number of nitrogens with zero attached hydrogens (tertiary/aromatic N) is 3.